The van der Waals surface area contributed by atoms with Gasteiger partial charge < -0.3 is 15.4 Å². The summed E-state index contributed by atoms with van der Waals surface area (Å²) in [6.45, 7) is 15.0. The third-order valence-corrected chi connectivity index (χ3v) is 4.70. The number of ether oxygens (including phenoxy) is 1. The van der Waals surface area contributed by atoms with Crippen LogP contribution in [0, 0.1) is 0 Å². The molecular weight excluding hydrogens is 465 g/mol. The highest BCUT2D eigenvalue weighted by Gasteiger charge is 2.16. The van der Waals surface area contributed by atoms with Crippen molar-refractivity contribution < 1.29 is 4.74 Å². The fourth-order valence-electron chi connectivity index (χ4n) is 3.19. The zero-order chi connectivity index (χ0) is 19.2. The lowest BCUT2D eigenvalue weighted by molar-refractivity contribution is 0.129. The number of aliphatic imine (C=N–C) groups is 1. The molecule has 160 valence electrons. The predicted molar refractivity (Wildman–Crippen MR) is 129 cm³/mol. The van der Waals surface area contributed by atoms with Gasteiger partial charge in [-0.25, -0.2) is 0 Å². The molecule has 0 aliphatic carbocycles. The van der Waals surface area contributed by atoms with Crippen molar-refractivity contribution >= 4 is 29.9 Å². The van der Waals surface area contributed by atoms with E-state index in [9.17, 15) is 0 Å². The minimum atomic E-state index is 0. The van der Waals surface area contributed by atoms with Crippen LogP contribution in [0.5, 0.6) is 0 Å². The van der Waals surface area contributed by atoms with Gasteiger partial charge in [-0.05, 0) is 25.8 Å². The lowest BCUT2D eigenvalue weighted by Crippen LogP contribution is -2.49. The van der Waals surface area contributed by atoms with E-state index >= 15 is 0 Å². The second-order valence-corrected chi connectivity index (χ2v) is 6.84. The van der Waals surface area contributed by atoms with Gasteiger partial charge in [0.1, 0.15) is 0 Å². The Bertz CT molecular complexity index is 521. The van der Waals surface area contributed by atoms with Crippen molar-refractivity contribution in [3.63, 3.8) is 0 Å². The van der Waals surface area contributed by atoms with Crippen molar-refractivity contribution in [1.82, 2.24) is 20.4 Å². The fraction of sp³-hybridized carbons (Fsp3) is 0.667. The summed E-state index contributed by atoms with van der Waals surface area (Å²) in [7, 11) is 0. The number of piperazine rings is 1. The van der Waals surface area contributed by atoms with Crippen molar-refractivity contribution in [1.29, 1.82) is 0 Å². The van der Waals surface area contributed by atoms with E-state index in [4.69, 9.17) is 4.74 Å². The molecule has 0 bridgehead atoms. The lowest BCUT2D eigenvalue weighted by Gasteiger charge is -2.34. The molecule has 1 aliphatic rings. The quantitative estimate of drug-likeness (QED) is 0.210. The van der Waals surface area contributed by atoms with Crippen molar-refractivity contribution in [2.45, 2.75) is 26.8 Å². The number of guanidine groups is 1. The van der Waals surface area contributed by atoms with Gasteiger partial charge in [0.05, 0.1) is 0 Å². The van der Waals surface area contributed by atoms with Gasteiger partial charge in [0.15, 0.2) is 5.96 Å². The lowest BCUT2D eigenvalue weighted by atomic mass is 10.2. The van der Waals surface area contributed by atoms with Gasteiger partial charge in [0, 0.05) is 72.1 Å². The summed E-state index contributed by atoms with van der Waals surface area (Å²) in [5.41, 5.74) is 1.41. The van der Waals surface area contributed by atoms with Crippen LogP contribution >= 0.6 is 24.0 Å². The van der Waals surface area contributed by atoms with Crippen LogP contribution in [0.2, 0.25) is 0 Å². The van der Waals surface area contributed by atoms with Gasteiger partial charge in [-0.15, -0.1) is 24.0 Å². The molecule has 6 nitrogen and oxygen atoms in total. The Morgan fingerprint density at radius 2 is 1.75 bits per heavy atom. The third-order valence-electron chi connectivity index (χ3n) is 4.70. The van der Waals surface area contributed by atoms with Crippen LogP contribution in [0.15, 0.2) is 35.3 Å². The maximum Gasteiger partial charge on any atom is 0.191 e. The van der Waals surface area contributed by atoms with Crippen LogP contribution in [0.1, 0.15) is 25.8 Å². The molecular formula is C21H38IN5O. The molecule has 0 unspecified atom stereocenters. The molecule has 0 radical (unpaired) electrons. The molecule has 2 N–H and O–H groups in total. The highest BCUT2D eigenvalue weighted by Crippen LogP contribution is 2.07. The van der Waals surface area contributed by atoms with Crippen molar-refractivity contribution in [3.05, 3.63) is 35.9 Å². The van der Waals surface area contributed by atoms with Crippen LogP contribution in [-0.2, 0) is 11.3 Å². The van der Waals surface area contributed by atoms with E-state index < -0.39 is 0 Å². The Labute approximate surface area is 188 Å². The van der Waals surface area contributed by atoms with Gasteiger partial charge in [-0.3, -0.25) is 14.8 Å². The fourth-order valence-corrected chi connectivity index (χ4v) is 3.19. The number of nitrogens with one attached hydrogen (secondary N) is 2. The highest BCUT2D eigenvalue weighted by molar-refractivity contribution is 14.0. The second-order valence-electron chi connectivity index (χ2n) is 6.84. The van der Waals surface area contributed by atoms with Crippen molar-refractivity contribution in [3.8, 4) is 0 Å². The number of halogens is 1. The molecule has 1 saturated heterocycles. The molecule has 2 rings (SSSR count). The largest absolute Gasteiger partial charge is 0.382 e. The Hall–Kier alpha value is -0.900. The Morgan fingerprint density at radius 3 is 2.43 bits per heavy atom. The molecule has 0 atom stereocenters. The van der Waals surface area contributed by atoms with Crippen LogP contribution in [-0.4, -0.2) is 81.3 Å². The standard InChI is InChI=1S/C21H37N5O.HI/c1-3-22-21(23-11-8-18-27-4-2)24-12-13-25-14-16-26(17-15-25)19-20-9-6-5-7-10-20;/h5-7,9-10H,3-4,8,11-19H2,1-2H3,(H2,22,23,24);1H. The first kappa shape index (κ1) is 25.1. The molecule has 1 fully saturated rings. The number of hydrogen-bond acceptors (Lipinski definition) is 4. The molecule has 1 heterocycles. The van der Waals surface area contributed by atoms with Crippen LogP contribution in [0.3, 0.4) is 0 Å². The van der Waals surface area contributed by atoms with Gasteiger partial charge in [0.25, 0.3) is 0 Å². The molecule has 1 aliphatic heterocycles. The number of hydrogen-bond donors (Lipinski definition) is 2. The summed E-state index contributed by atoms with van der Waals surface area (Å²) in [4.78, 5) is 9.69. The van der Waals surface area contributed by atoms with E-state index in [-0.39, 0.29) is 24.0 Å². The number of nitrogens with zero attached hydrogens (tertiary/aromatic N) is 3. The highest BCUT2D eigenvalue weighted by atomic mass is 127. The smallest absolute Gasteiger partial charge is 0.191 e. The van der Waals surface area contributed by atoms with E-state index in [0.717, 1.165) is 84.5 Å². The van der Waals surface area contributed by atoms with Gasteiger partial charge in [-0.1, -0.05) is 30.3 Å². The molecule has 0 aromatic heterocycles. The second kappa shape index (κ2) is 16.0. The zero-order valence-corrected chi connectivity index (χ0v) is 19.9. The monoisotopic (exact) mass is 503 g/mol. The van der Waals surface area contributed by atoms with Crippen LogP contribution in [0.25, 0.3) is 0 Å². The molecule has 7 heteroatoms. The summed E-state index contributed by atoms with van der Waals surface area (Å²) in [6.07, 6.45) is 0.966. The third kappa shape index (κ3) is 10.6. The predicted octanol–water partition coefficient (Wildman–Crippen LogP) is 2.40. The van der Waals surface area contributed by atoms with Crippen molar-refractivity contribution in [2.24, 2.45) is 4.99 Å². The van der Waals surface area contributed by atoms with Crippen molar-refractivity contribution in [2.75, 3.05) is 65.6 Å². The number of benzene rings is 1. The summed E-state index contributed by atoms with van der Waals surface area (Å²) in [6, 6.07) is 10.8. The van der Waals surface area contributed by atoms with Gasteiger partial charge >= 0.3 is 0 Å². The summed E-state index contributed by atoms with van der Waals surface area (Å²) >= 11 is 0. The molecule has 0 spiro atoms. The van der Waals surface area contributed by atoms with Gasteiger partial charge in [0.2, 0.25) is 0 Å². The maximum atomic E-state index is 5.36. The first-order chi connectivity index (χ1) is 13.3. The summed E-state index contributed by atoms with van der Waals surface area (Å²) < 4.78 is 5.36. The number of rotatable bonds is 11. The maximum absolute atomic E-state index is 5.36. The summed E-state index contributed by atoms with van der Waals surface area (Å²) in [5.74, 6) is 0.914. The molecule has 1 aromatic rings. The first-order valence-corrected chi connectivity index (χ1v) is 10.4. The van der Waals surface area contributed by atoms with E-state index in [1.165, 1.54) is 5.56 Å². The SMILES string of the molecule is CCNC(=NCCCOCC)NCCN1CCN(Cc2ccccc2)CC1.I. The summed E-state index contributed by atoms with van der Waals surface area (Å²) in [5, 5.41) is 6.77. The molecule has 0 saturated carbocycles. The van der Waals surface area contributed by atoms with Crippen LogP contribution in [0.4, 0.5) is 0 Å². The van der Waals surface area contributed by atoms with Gasteiger partial charge in [-0.2, -0.15) is 0 Å². The average molecular weight is 503 g/mol. The van der Waals surface area contributed by atoms with E-state index in [1.54, 1.807) is 0 Å². The normalized spacial score (nSPS) is 15.9. The Kier molecular flexibility index (Phi) is 14.3. The average Bonchev–Trinajstić information content (AvgIpc) is 2.70. The molecule has 1 aromatic carbocycles. The minimum absolute atomic E-state index is 0. The molecule has 28 heavy (non-hydrogen) atoms. The topological polar surface area (TPSA) is 52.1 Å². The van der Waals surface area contributed by atoms with E-state index in [2.05, 4.69) is 62.7 Å². The van der Waals surface area contributed by atoms with Crippen LogP contribution < -0.4 is 10.6 Å². The molecule has 0 amide bonds. The Morgan fingerprint density at radius 1 is 1.04 bits per heavy atom. The minimum Gasteiger partial charge on any atom is -0.382 e. The first-order valence-electron chi connectivity index (χ1n) is 10.4. The van der Waals surface area contributed by atoms with E-state index in [0.29, 0.717) is 0 Å². The zero-order valence-electron chi connectivity index (χ0n) is 17.5. The van der Waals surface area contributed by atoms with E-state index in [1.807, 2.05) is 6.92 Å². The Balaban J connectivity index is 0.00000392.